The monoisotopic (exact) mass is 268 g/mol. The average Bonchev–Trinajstić information content (AvgIpc) is 2.51. The maximum Gasteiger partial charge on any atom is -0.00568 e. The molecule has 0 atom stereocenters. The zero-order valence-electron chi connectivity index (χ0n) is 13.8. The Bertz CT molecular complexity index is 535. The van der Waals surface area contributed by atoms with Crippen LogP contribution in [0.3, 0.4) is 0 Å². The van der Waals surface area contributed by atoms with Crippen molar-refractivity contribution >= 4 is 0 Å². The number of benzene rings is 2. The van der Waals surface area contributed by atoms with Gasteiger partial charge in [0.1, 0.15) is 0 Å². The van der Waals surface area contributed by atoms with E-state index in [4.69, 9.17) is 0 Å². The summed E-state index contributed by atoms with van der Waals surface area (Å²) in [5.74, 6) is 0. The van der Waals surface area contributed by atoms with Crippen LogP contribution in [-0.2, 0) is 11.8 Å². The molecule has 0 heterocycles. The molecular formula is C20H28. The maximum absolute atomic E-state index is 2.34. The molecule has 0 spiro atoms. The molecule has 0 amide bonds. The SMILES string of the molecule is CC.CC.CC1(C)Cc2ccccc2-c2ccccc21. The van der Waals surface area contributed by atoms with Crippen LogP contribution < -0.4 is 0 Å². The molecule has 0 N–H and O–H groups in total. The Labute approximate surface area is 124 Å². The average molecular weight is 268 g/mol. The Morgan fingerprint density at radius 3 is 1.85 bits per heavy atom. The first-order valence-corrected chi connectivity index (χ1v) is 7.86. The van der Waals surface area contributed by atoms with Gasteiger partial charge in [-0.3, -0.25) is 0 Å². The molecule has 0 saturated carbocycles. The summed E-state index contributed by atoms with van der Waals surface area (Å²) in [5, 5.41) is 0. The van der Waals surface area contributed by atoms with Crippen LogP contribution in [0.4, 0.5) is 0 Å². The molecular weight excluding hydrogens is 240 g/mol. The zero-order valence-corrected chi connectivity index (χ0v) is 13.8. The van der Waals surface area contributed by atoms with Gasteiger partial charge in [0.05, 0.1) is 0 Å². The number of hydrogen-bond donors (Lipinski definition) is 0. The van der Waals surface area contributed by atoms with Crippen molar-refractivity contribution in [1.29, 1.82) is 0 Å². The molecule has 0 aliphatic heterocycles. The van der Waals surface area contributed by atoms with E-state index in [2.05, 4.69) is 62.4 Å². The highest BCUT2D eigenvalue weighted by molar-refractivity contribution is 5.74. The van der Waals surface area contributed by atoms with E-state index in [1.807, 2.05) is 27.7 Å². The minimum Gasteiger partial charge on any atom is -0.0683 e. The van der Waals surface area contributed by atoms with E-state index in [1.54, 1.807) is 0 Å². The molecule has 0 radical (unpaired) electrons. The van der Waals surface area contributed by atoms with Gasteiger partial charge in [-0.05, 0) is 34.1 Å². The standard InChI is InChI=1S/C16H16.2C2H6/c1-16(2)11-12-7-3-4-8-13(12)14-9-5-6-10-15(14)16;2*1-2/h3-10H,11H2,1-2H3;2*1-2H3. The first-order valence-electron chi connectivity index (χ1n) is 7.86. The van der Waals surface area contributed by atoms with E-state index in [0.717, 1.165) is 6.42 Å². The largest absolute Gasteiger partial charge is 0.0683 e. The molecule has 0 heteroatoms. The first-order chi connectivity index (χ1) is 9.68. The fourth-order valence-corrected chi connectivity index (χ4v) is 2.82. The fourth-order valence-electron chi connectivity index (χ4n) is 2.82. The number of rotatable bonds is 0. The second-order valence-corrected chi connectivity index (χ2v) is 5.26. The van der Waals surface area contributed by atoms with Crippen LogP contribution in [0.2, 0.25) is 0 Å². The summed E-state index contributed by atoms with van der Waals surface area (Å²) in [6.45, 7) is 12.7. The van der Waals surface area contributed by atoms with Crippen LogP contribution in [0.15, 0.2) is 48.5 Å². The Balaban J connectivity index is 0.000000461. The van der Waals surface area contributed by atoms with Gasteiger partial charge in [0.25, 0.3) is 0 Å². The molecule has 0 saturated heterocycles. The third kappa shape index (κ3) is 3.12. The summed E-state index contributed by atoms with van der Waals surface area (Å²) in [7, 11) is 0. The van der Waals surface area contributed by atoms with E-state index in [1.165, 1.54) is 22.3 Å². The van der Waals surface area contributed by atoms with Gasteiger partial charge in [0.15, 0.2) is 0 Å². The van der Waals surface area contributed by atoms with Gasteiger partial charge in [-0.15, -0.1) is 0 Å². The van der Waals surface area contributed by atoms with Gasteiger partial charge in [0, 0.05) is 0 Å². The van der Waals surface area contributed by atoms with Crippen LogP contribution in [0, 0.1) is 0 Å². The van der Waals surface area contributed by atoms with Crippen molar-refractivity contribution in [3.63, 3.8) is 0 Å². The van der Waals surface area contributed by atoms with Gasteiger partial charge in [-0.2, -0.15) is 0 Å². The van der Waals surface area contributed by atoms with Crippen LogP contribution in [0.5, 0.6) is 0 Å². The number of hydrogen-bond acceptors (Lipinski definition) is 0. The van der Waals surface area contributed by atoms with Crippen LogP contribution in [-0.4, -0.2) is 0 Å². The van der Waals surface area contributed by atoms with Gasteiger partial charge in [-0.25, -0.2) is 0 Å². The second-order valence-electron chi connectivity index (χ2n) is 5.26. The van der Waals surface area contributed by atoms with Crippen LogP contribution in [0.25, 0.3) is 11.1 Å². The molecule has 0 unspecified atom stereocenters. The highest BCUT2D eigenvalue weighted by Crippen LogP contribution is 2.42. The summed E-state index contributed by atoms with van der Waals surface area (Å²) >= 11 is 0. The Kier molecular flexibility index (Phi) is 6.01. The molecule has 20 heavy (non-hydrogen) atoms. The Morgan fingerprint density at radius 1 is 0.700 bits per heavy atom. The van der Waals surface area contributed by atoms with Crippen molar-refractivity contribution in [3.8, 4) is 11.1 Å². The van der Waals surface area contributed by atoms with Crippen molar-refractivity contribution in [3.05, 3.63) is 59.7 Å². The number of fused-ring (bicyclic) bond motifs is 3. The van der Waals surface area contributed by atoms with Gasteiger partial charge < -0.3 is 0 Å². The zero-order chi connectivity index (χ0) is 15.2. The molecule has 3 rings (SSSR count). The first kappa shape index (κ1) is 16.5. The van der Waals surface area contributed by atoms with Gasteiger partial charge in [0.2, 0.25) is 0 Å². The highest BCUT2D eigenvalue weighted by atomic mass is 14.3. The lowest BCUT2D eigenvalue weighted by Crippen LogP contribution is -2.25. The molecule has 0 nitrogen and oxygen atoms in total. The van der Waals surface area contributed by atoms with Crippen molar-refractivity contribution in [1.82, 2.24) is 0 Å². The third-order valence-electron chi connectivity index (χ3n) is 3.60. The van der Waals surface area contributed by atoms with Crippen molar-refractivity contribution in [2.24, 2.45) is 0 Å². The van der Waals surface area contributed by atoms with E-state index < -0.39 is 0 Å². The predicted octanol–water partition coefficient (Wildman–Crippen LogP) is 6.24. The normalized spacial score (nSPS) is 13.7. The fraction of sp³-hybridized carbons (Fsp3) is 0.400. The molecule has 0 aromatic heterocycles. The summed E-state index contributed by atoms with van der Waals surface area (Å²) < 4.78 is 0. The van der Waals surface area contributed by atoms with E-state index in [-0.39, 0.29) is 5.41 Å². The quantitative estimate of drug-likeness (QED) is 0.530. The summed E-state index contributed by atoms with van der Waals surface area (Å²) in [6, 6.07) is 17.6. The Morgan fingerprint density at radius 2 is 1.20 bits per heavy atom. The Hall–Kier alpha value is -1.56. The van der Waals surface area contributed by atoms with Crippen LogP contribution in [0.1, 0.15) is 52.7 Å². The molecule has 1 aliphatic rings. The van der Waals surface area contributed by atoms with Crippen LogP contribution >= 0.6 is 0 Å². The second kappa shape index (κ2) is 7.28. The molecule has 0 bridgehead atoms. The van der Waals surface area contributed by atoms with Crippen molar-refractivity contribution in [2.75, 3.05) is 0 Å². The predicted molar refractivity (Wildman–Crippen MR) is 91.3 cm³/mol. The molecule has 2 aromatic rings. The smallest absolute Gasteiger partial charge is 0.00568 e. The van der Waals surface area contributed by atoms with E-state index in [0.29, 0.717) is 0 Å². The van der Waals surface area contributed by atoms with Gasteiger partial charge in [-0.1, -0.05) is 90.1 Å². The highest BCUT2D eigenvalue weighted by Gasteiger charge is 2.29. The molecule has 0 fully saturated rings. The molecule has 1 aliphatic carbocycles. The molecule has 2 aromatic carbocycles. The lowest BCUT2D eigenvalue weighted by molar-refractivity contribution is 0.517. The lowest BCUT2D eigenvalue weighted by atomic mass is 9.70. The lowest BCUT2D eigenvalue weighted by Gasteiger charge is -2.34. The topological polar surface area (TPSA) is 0 Å². The minimum atomic E-state index is 0.255. The maximum atomic E-state index is 2.34. The minimum absolute atomic E-state index is 0.255. The third-order valence-corrected chi connectivity index (χ3v) is 3.60. The summed E-state index contributed by atoms with van der Waals surface area (Å²) in [6.07, 6.45) is 1.14. The van der Waals surface area contributed by atoms with E-state index in [9.17, 15) is 0 Å². The summed E-state index contributed by atoms with van der Waals surface area (Å²) in [5.41, 5.74) is 6.04. The van der Waals surface area contributed by atoms with Crippen molar-refractivity contribution < 1.29 is 0 Å². The van der Waals surface area contributed by atoms with E-state index >= 15 is 0 Å². The molecule has 108 valence electrons. The van der Waals surface area contributed by atoms with Crippen molar-refractivity contribution in [2.45, 2.75) is 53.4 Å². The summed E-state index contributed by atoms with van der Waals surface area (Å²) in [4.78, 5) is 0. The van der Waals surface area contributed by atoms with Gasteiger partial charge >= 0.3 is 0 Å².